The summed E-state index contributed by atoms with van der Waals surface area (Å²) in [5, 5.41) is 2.74. The van der Waals surface area contributed by atoms with Crippen LogP contribution in [-0.4, -0.2) is 24.6 Å². The molecule has 0 spiro atoms. The standard InChI is InChI=1S/C14H22N2O2.ClH/c1-10-5-6-11(2)12(7-10)18-8-13(17)16-9-14(3,4)15;/h5-7H,8-9,15H2,1-4H3,(H,16,17);1H. The molecule has 0 bridgehead atoms. The van der Waals surface area contributed by atoms with Crippen molar-refractivity contribution < 1.29 is 9.53 Å². The number of benzene rings is 1. The third-order valence-corrected chi connectivity index (χ3v) is 2.44. The van der Waals surface area contributed by atoms with Crippen LogP contribution in [-0.2, 0) is 4.79 Å². The Hall–Kier alpha value is -1.26. The highest BCUT2D eigenvalue weighted by Crippen LogP contribution is 2.18. The minimum absolute atomic E-state index is 0. The maximum atomic E-state index is 11.6. The molecule has 0 radical (unpaired) electrons. The van der Waals surface area contributed by atoms with E-state index in [-0.39, 0.29) is 24.9 Å². The highest BCUT2D eigenvalue weighted by atomic mass is 35.5. The van der Waals surface area contributed by atoms with Crippen molar-refractivity contribution in [3.05, 3.63) is 29.3 Å². The van der Waals surface area contributed by atoms with Crippen LogP contribution in [0.5, 0.6) is 5.75 Å². The highest BCUT2D eigenvalue weighted by molar-refractivity contribution is 5.85. The molecule has 5 heteroatoms. The predicted octanol–water partition coefficient (Wildman–Crippen LogP) is 1.96. The average molecular weight is 287 g/mol. The van der Waals surface area contributed by atoms with E-state index in [4.69, 9.17) is 10.5 Å². The van der Waals surface area contributed by atoms with Gasteiger partial charge >= 0.3 is 0 Å². The molecule has 0 atom stereocenters. The quantitative estimate of drug-likeness (QED) is 0.870. The summed E-state index contributed by atoms with van der Waals surface area (Å²) in [6.07, 6.45) is 0. The van der Waals surface area contributed by atoms with E-state index in [1.165, 1.54) is 0 Å². The summed E-state index contributed by atoms with van der Waals surface area (Å²) >= 11 is 0. The highest BCUT2D eigenvalue weighted by Gasteiger charge is 2.12. The lowest BCUT2D eigenvalue weighted by atomic mass is 10.1. The van der Waals surface area contributed by atoms with Crippen LogP contribution in [0.2, 0.25) is 0 Å². The van der Waals surface area contributed by atoms with Crippen LogP contribution >= 0.6 is 12.4 Å². The number of aryl methyl sites for hydroxylation is 2. The van der Waals surface area contributed by atoms with Crippen LogP contribution in [0.3, 0.4) is 0 Å². The van der Waals surface area contributed by atoms with Gasteiger partial charge in [0.25, 0.3) is 5.91 Å². The first-order valence-electron chi connectivity index (χ1n) is 6.03. The second-order valence-electron chi connectivity index (χ2n) is 5.32. The lowest BCUT2D eigenvalue weighted by Gasteiger charge is -2.19. The third-order valence-electron chi connectivity index (χ3n) is 2.44. The van der Waals surface area contributed by atoms with Gasteiger partial charge in [0.15, 0.2) is 6.61 Å². The van der Waals surface area contributed by atoms with Gasteiger partial charge in [-0.2, -0.15) is 0 Å². The van der Waals surface area contributed by atoms with Crippen molar-refractivity contribution in [1.29, 1.82) is 0 Å². The molecular formula is C14H23ClN2O2. The molecule has 1 amide bonds. The number of hydrogen-bond donors (Lipinski definition) is 2. The monoisotopic (exact) mass is 286 g/mol. The fraction of sp³-hybridized carbons (Fsp3) is 0.500. The third kappa shape index (κ3) is 7.03. The van der Waals surface area contributed by atoms with Crippen LogP contribution in [0.4, 0.5) is 0 Å². The van der Waals surface area contributed by atoms with Crippen LogP contribution in [0.1, 0.15) is 25.0 Å². The summed E-state index contributed by atoms with van der Waals surface area (Å²) in [5.74, 6) is 0.589. The summed E-state index contributed by atoms with van der Waals surface area (Å²) in [7, 11) is 0. The zero-order valence-corrected chi connectivity index (χ0v) is 12.8. The van der Waals surface area contributed by atoms with Gasteiger partial charge in [0.1, 0.15) is 5.75 Å². The normalized spacial score (nSPS) is 10.6. The van der Waals surface area contributed by atoms with Gasteiger partial charge in [0.2, 0.25) is 0 Å². The maximum Gasteiger partial charge on any atom is 0.258 e. The van der Waals surface area contributed by atoms with Crippen molar-refractivity contribution in [3.63, 3.8) is 0 Å². The predicted molar refractivity (Wildman–Crippen MR) is 79.9 cm³/mol. The Balaban J connectivity index is 0.00000324. The van der Waals surface area contributed by atoms with Gasteiger partial charge in [0.05, 0.1) is 0 Å². The fourth-order valence-corrected chi connectivity index (χ4v) is 1.38. The molecule has 19 heavy (non-hydrogen) atoms. The Morgan fingerprint density at radius 3 is 2.58 bits per heavy atom. The van der Waals surface area contributed by atoms with Gasteiger partial charge in [-0.25, -0.2) is 0 Å². The summed E-state index contributed by atoms with van der Waals surface area (Å²) < 4.78 is 5.49. The van der Waals surface area contributed by atoms with Crippen molar-refractivity contribution in [2.45, 2.75) is 33.2 Å². The number of amides is 1. The Morgan fingerprint density at radius 2 is 2.00 bits per heavy atom. The Bertz CT molecular complexity index is 428. The number of carbonyl (C=O) groups excluding carboxylic acids is 1. The summed E-state index contributed by atoms with van der Waals surface area (Å²) in [5.41, 5.74) is 7.50. The number of rotatable bonds is 5. The largest absolute Gasteiger partial charge is 0.483 e. The second kappa shape index (κ2) is 7.36. The number of carbonyl (C=O) groups is 1. The van der Waals surface area contributed by atoms with E-state index in [1.54, 1.807) is 0 Å². The molecule has 0 aliphatic carbocycles. The first-order valence-corrected chi connectivity index (χ1v) is 6.03. The molecule has 3 N–H and O–H groups in total. The number of halogens is 1. The molecule has 0 aromatic heterocycles. The molecule has 0 unspecified atom stereocenters. The molecule has 108 valence electrons. The average Bonchev–Trinajstić information content (AvgIpc) is 2.26. The molecule has 1 rings (SSSR count). The molecule has 0 heterocycles. The van der Waals surface area contributed by atoms with Gasteiger partial charge in [-0.15, -0.1) is 12.4 Å². The van der Waals surface area contributed by atoms with E-state index in [9.17, 15) is 4.79 Å². The summed E-state index contributed by atoms with van der Waals surface area (Å²) in [6, 6.07) is 5.92. The van der Waals surface area contributed by atoms with Gasteiger partial charge in [-0.05, 0) is 44.9 Å². The van der Waals surface area contributed by atoms with Gasteiger partial charge < -0.3 is 15.8 Å². The van der Waals surface area contributed by atoms with E-state index in [2.05, 4.69) is 5.32 Å². The Morgan fingerprint density at radius 1 is 1.37 bits per heavy atom. The molecule has 0 saturated heterocycles. The van der Waals surface area contributed by atoms with Crippen LogP contribution in [0.25, 0.3) is 0 Å². The van der Waals surface area contributed by atoms with Crippen LogP contribution in [0.15, 0.2) is 18.2 Å². The van der Waals surface area contributed by atoms with Gasteiger partial charge in [-0.1, -0.05) is 12.1 Å². The first-order chi connectivity index (χ1) is 8.28. The van der Waals surface area contributed by atoms with Crippen molar-refractivity contribution in [2.75, 3.05) is 13.2 Å². The summed E-state index contributed by atoms with van der Waals surface area (Å²) in [6.45, 7) is 8.11. The van der Waals surface area contributed by atoms with Crippen molar-refractivity contribution in [2.24, 2.45) is 5.73 Å². The van der Waals surface area contributed by atoms with Crippen LogP contribution < -0.4 is 15.8 Å². The maximum absolute atomic E-state index is 11.6. The zero-order valence-electron chi connectivity index (χ0n) is 11.9. The second-order valence-corrected chi connectivity index (χ2v) is 5.32. The zero-order chi connectivity index (χ0) is 13.8. The van der Waals surface area contributed by atoms with E-state index in [0.29, 0.717) is 6.54 Å². The molecule has 0 aliphatic rings. The Kier molecular flexibility index (Phi) is 6.87. The van der Waals surface area contributed by atoms with E-state index in [0.717, 1.165) is 16.9 Å². The number of nitrogens with two attached hydrogens (primary N) is 1. The lowest BCUT2D eigenvalue weighted by Crippen LogP contribution is -2.46. The van der Waals surface area contributed by atoms with E-state index < -0.39 is 5.54 Å². The summed E-state index contributed by atoms with van der Waals surface area (Å²) in [4.78, 5) is 11.6. The van der Waals surface area contributed by atoms with E-state index >= 15 is 0 Å². The minimum atomic E-state index is -0.408. The molecule has 1 aromatic rings. The number of hydrogen-bond acceptors (Lipinski definition) is 3. The smallest absolute Gasteiger partial charge is 0.258 e. The molecular weight excluding hydrogens is 264 g/mol. The SMILES string of the molecule is Cc1ccc(C)c(OCC(=O)NCC(C)(C)N)c1.Cl. The molecule has 1 aromatic carbocycles. The topological polar surface area (TPSA) is 64.3 Å². The van der Waals surface area contributed by atoms with Crippen molar-refractivity contribution >= 4 is 18.3 Å². The van der Waals surface area contributed by atoms with Crippen molar-refractivity contribution in [1.82, 2.24) is 5.32 Å². The van der Waals surface area contributed by atoms with Crippen LogP contribution in [0, 0.1) is 13.8 Å². The molecule has 0 fully saturated rings. The molecule has 0 saturated carbocycles. The first kappa shape index (κ1) is 17.7. The van der Waals surface area contributed by atoms with E-state index in [1.807, 2.05) is 45.9 Å². The molecule has 4 nitrogen and oxygen atoms in total. The molecule has 0 aliphatic heterocycles. The minimum Gasteiger partial charge on any atom is -0.483 e. The lowest BCUT2D eigenvalue weighted by molar-refractivity contribution is -0.123. The number of nitrogens with one attached hydrogen (secondary N) is 1. The Labute approximate surface area is 121 Å². The van der Waals surface area contributed by atoms with Gasteiger partial charge in [0, 0.05) is 12.1 Å². The van der Waals surface area contributed by atoms with Crippen molar-refractivity contribution in [3.8, 4) is 5.75 Å². The van der Waals surface area contributed by atoms with Gasteiger partial charge in [-0.3, -0.25) is 4.79 Å². The number of ether oxygens (including phenoxy) is 1. The fourth-order valence-electron chi connectivity index (χ4n) is 1.38.